The summed E-state index contributed by atoms with van der Waals surface area (Å²) in [6.07, 6.45) is -2.35. The van der Waals surface area contributed by atoms with Crippen LogP contribution in [0.3, 0.4) is 0 Å². The van der Waals surface area contributed by atoms with E-state index in [1.54, 1.807) is 0 Å². The van der Waals surface area contributed by atoms with Crippen molar-refractivity contribution in [2.45, 2.75) is 32.4 Å². The minimum Gasteiger partial charge on any atom is -0.492 e. The van der Waals surface area contributed by atoms with Crippen LogP contribution in [0, 0.1) is 5.82 Å². The van der Waals surface area contributed by atoms with Crippen LogP contribution in [0.25, 0.3) is 5.69 Å². The number of aromatic nitrogens is 2. The quantitative estimate of drug-likeness (QED) is 0.538. The van der Waals surface area contributed by atoms with Crippen LogP contribution in [-0.4, -0.2) is 15.7 Å². The Morgan fingerprint density at radius 3 is 2.41 bits per heavy atom. The highest BCUT2D eigenvalue weighted by Crippen LogP contribution is 2.30. The molecule has 1 aromatic carbocycles. The number of hydrogen-bond donors (Lipinski definition) is 0. The highest BCUT2D eigenvalue weighted by molar-refractivity contribution is 6.32. The molecule has 0 amide bonds. The molecule has 0 N–H and O–H groups in total. The average molecular weight is 409 g/mol. The third-order valence-corrected chi connectivity index (χ3v) is 4.15. The summed E-state index contributed by atoms with van der Waals surface area (Å²) in [4.78, 5) is 24.4. The zero-order valence-corrected chi connectivity index (χ0v) is 15.3. The lowest BCUT2D eigenvalue weighted by molar-refractivity contribution is -0.144. The fourth-order valence-corrected chi connectivity index (χ4v) is 2.66. The lowest BCUT2D eigenvalue weighted by Crippen LogP contribution is -2.41. The Morgan fingerprint density at radius 1 is 1.15 bits per heavy atom. The summed E-state index contributed by atoms with van der Waals surface area (Å²) in [5, 5.41) is -0.0791. The SMILES string of the molecule is CCCCCOc1cc(-n2c(=O)cc(C(F)(F)F)n(C)c2=O)c(F)cc1Cl. The molecule has 0 saturated carbocycles. The zero-order chi connectivity index (χ0) is 20.4. The highest BCUT2D eigenvalue weighted by atomic mass is 35.5. The molecule has 0 aliphatic carbocycles. The molecule has 10 heteroatoms. The topological polar surface area (TPSA) is 53.2 Å². The number of alkyl halides is 3. The third kappa shape index (κ3) is 4.52. The van der Waals surface area contributed by atoms with E-state index in [-0.39, 0.29) is 28.0 Å². The van der Waals surface area contributed by atoms with E-state index < -0.39 is 34.6 Å². The van der Waals surface area contributed by atoms with Crippen molar-refractivity contribution in [2.75, 3.05) is 6.61 Å². The van der Waals surface area contributed by atoms with Gasteiger partial charge in [0.25, 0.3) is 5.56 Å². The number of ether oxygens (including phenoxy) is 1. The normalized spacial score (nSPS) is 11.7. The highest BCUT2D eigenvalue weighted by Gasteiger charge is 2.35. The van der Waals surface area contributed by atoms with Gasteiger partial charge in [-0.2, -0.15) is 13.2 Å². The number of nitrogens with zero attached hydrogens (tertiary/aromatic N) is 2. The van der Waals surface area contributed by atoms with E-state index in [2.05, 4.69) is 0 Å². The van der Waals surface area contributed by atoms with Gasteiger partial charge in [0.1, 0.15) is 17.3 Å². The molecule has 2 rings (SSSR count). The first-order valence-electron chi connectivity index (χ1n) is 8.10. The summed E-state index contributed by atoms with van der Waals surface area (Å²) < 4.78 is 59.1. The lowest BCUT2D eigenvalue weighted by atomic mass is 10.2. The van der Waals surface area contributed by atoms with Crippen LogP contribution in [0.4, 0.5) is 17.6 Å². The molecule has 5 nitrogen and oxygen atoms in total. The summed E-state index contributed by atoms with van der Waals surface area (Å²) >= 11 is 5.91. The van der Waals surface area contributed by atoms with Crippen molar-refractivity contribution in [3.8, 4) is 11.4 Å². The van der Waals surface area contributed by atoms with Gasteiger partial charge in [0.05, 0.1) is 17.3 Å². The molecule has 148 valence electrons. The van der Waals surface area contributed by atoms with Crippen LogP contribution >= 0.6 is 11.6 Å². The molecule has 0 saturated heterocycles. The molecule has 0 spiro atoms. The van der Waals surface area contributed by atoms with Crippen molar-refractivity contribution >= 4 is 11.6 Å². The van der Waals surface area contributed by atoms with E-state index in [9.17, 15) is 27.2 Å². The zero-order valence-electron chi connectivity index (χ0n) is 14.6. The van der Waals surface area contributed by atoms with Gasteiger partial charge in [-0.3, -0.25) is 9.36 Å². The summed E-state index contributed by atoms with van der Waals surface area (Å²) in [7, 11) is 0.844. The van der Waals surface area contributed by atoms with Gasteiger partial charge in [0.2, 0.25) is 0 Å². The lowest BCUT2D eigenvalue weighted by Gasteiger charge is -2.15. The second kappa shape index (κ2) is 8.16. The van der Waals surface area contributed by atoms with Crippen LogP contribution in [0.15, 0.2) is 27.8 Å². The van der Waals surface area contributed by atoms with Crippen LogP contribution in [0.5, 0.6) is 5.75 Å². The summed E-state index contributed by atoms with van der Waals surface area (Å²) in [6.45, 7) is 2.27. The van der Waals surface area contributed by atoms with Gasteiger partial charge in [0.15, 0.2) is 0 Å². The van der Waals surface area contributed by atoms with Crippen molar-refractivity contribution in [3.05, 3.63) is 55.6 Å². The molecule has 0 unspecified atom stereocenters. The maximum atomic E-state index is 14.3. The molecule has 1 aromatic heterocycles. The Bertz CT molecular complexity index is 951. The first-order chi connectivity index (χ1) is 12.6. The van der Waals surface area contributed by atoms with Crippen molar-refractivity contribution < 1.29 is 22.3 Å². The maximum absolute atomic E-state index is 14.3. The first kappa shape index (κ1) is 21.0. The van der Waals surface area contributed by atoms with E-state index in [1.807, 2.05) is 6.92 Å². The molecule has 0 aliphatic rings. The number of unbranched alkanes of at least 4 members (excludes halogenated alkanes) is 2. The van der Waals surface area contributed by atoms with Crippen molar-refractivity contribution in [1.82, 2.24) is 9.13 Å². The monoisotopic (exact) mass is 408 g/mol. The van der Waals surface area contributed by atoms with E-state index in [0.29, 0.717) is 11.0 Å². The van der Waals surface area contributed by atoms with Crippen LogP contribution in [0.2, 0.25) is 5.02 Å². The van der Waals surface area contributed by atoms with Crippen LogP contribution in [0.1, 0.15) is 31.9 Å². The number of rotatable bonds is 6. The van der Waals surface area contributed by atoms with Crippen LogP contribution < -0.4 is 16.0 Å². The van der Waals surface area contributed by atoms with Crippen molar-refractivity contribution in [1.29, 1.82) is 0 Å². The predicted molar refractivity (Wildman–Crippen MR) is 92.3 cm³/mol. The molecule has 27 heavy (non-hydrogen) atoms. The Labute approximate surface area is 156 Å². The average Bonchev–Trinajstić information content (AvgIpc) is 2.57. The van der Waals surface area contributed by atoms with Crippen LogP contribution in [-0.2, 0) is 13.2 Å². The van der Waals surface area contributed by atoms with E-state index in [4.69, 9.17) is 16.3 Å². The molecule has 0 atom stereocenters. The predicted octanol–water partition coefficient (Wildman–Crippen LogP) is 3.92. The Morgan fingerprint density at radius 2 is 1.81 bits per heavy atom. The van der Waals surface area contributed by atoms with Gasteiger partial charge in [-0.05, 0) is 12.5 Å². The largest absolute Gasteiger partial charge is 0.492 e. The van der Waals surface area contributed by atoms with E-state index in [0.717, 1.165) is 32.0 Å². The molecule has 0 bridgehead atoms. The second-order valence-electron chi connectivity index (χ2n) is 5.83. The van der Waals surface area contributed by atoms with Crippen molar-refractivity contribution in [2.24, 2.45) is 7.05 Å². The molecule has 0 radical (unpaired) electrons. The maximum Gasteiger partial charge on any atom is 0.431 e. The molecule has 0 aliphatic heterocycles. The summed E-state index contributed by atoms with van der Waals surface area (Å²) in [5.41, 5.74) is -4.63. The van der Waals surface area contributed by atoms with E-state index in [1.165, 1.54) is 0 Å². The Hall–Kier alpha value is -2.29. The van der Waals surface area contributed by atoms with Gasteiger partial charge < -0.3 is 4.74 Å². The summed E-state index contributed by atoms with van der Waals surface area (Å²) in [5.74, 6) is -1.02. The summed E-state index contributed by atoms with van der Waals surface area (Å²) in [6, 6.07) is 2.10. The third-order valence-electron chi connectivity index (χ3n) is 3.86. The second-order valence-corrected chi connectivity index (χ2v) is 6.24. The van der Waals surface area contributed by atoms with Gasteiger partial charge >= 0.3 is 11.9 Å². The minimum absolute atomic E-state index is 0.0259. The fraction of sp³-hybridized carbons (Fsp3) is 0.412. The standard InChI is InChI=1S/C17H17ClF4N2O3/c1-3-4-5-6-27-13-8-12(11(19)7-10(13)18)24-15(25)9-14(17(20,21)22)23(2)16(24)26/h7-9H,3-6H2,1-2H3. The van der Waals surface area contributed by atoms with Crippen molar-refractivity contribution in [3.63, 3.8) is 0 Å². The molecular weight excluding hydrogens is 392 g/mol. The van der Waals surface area contributed by atoms with Gasteiger partial charge in [-0.1, -0.05) is 31.4 Å². The Balaban J connectivity index is 2.57. The van der Waals surface area contributed by atoms with E-state index >= 15 is 0 Å². The van der Waals surface area contributed by atoms with Gasteiger partial charge in [0, 0.05) is 19.2 Å². The number of benzene rings is 1. The molecule has 1 heterocycles. The minimum atomic E-state index is -4.90. The molecule has 2 aromatic rings. The fourth-order valence-electron chi connectivity index (χ4n) is 2.45. The number of hydrogen-bond acceptors (Lipinski definition) is 3. The molecule has 0 fully saturated rings. The van der Waals surface area contributed by atoms with Gasteiger partial charge in [-0.15, -0.1) is 0 Å². The molecular formula is C17H17ClF4N2O3. The number of halogens is 5. The Kier molecular flexibility index (Phi) is 6.35. The smallest absolute Gasteiger partial charge is 0.431 e. The van der Waals surface area contributed by atoms with Gasteiger partial charge in [-0.25, -0.2) is 13.8 Å². The first-order valence-corrected chi connectivity index (χ1v) is 8.48.